The Morgan fingerprint density at radius 1 is 1.21 bits per heavy atom. The van der Waals surface area contributed by atoms with E-state index in [-0.39, 0.29) is 17.2 Å². The molecule has 0 bridgehead atoms. The molecule has 3 N–H and O–H groups in total. The summed E-state index contributed by atoms with van der Waals surface area (Å²) in [7, 11) is 0. The second-order valence-corrected chi connectivity index (χ2v) is 3.61. The standard InChI is InChI=1S/C10H12N4O5/c1-4(5(2)8(16)17)7(15)12-9(18)13-10-11-6(3)14-19-10/h1-3H3,(H,16,17)(H2,11,12,13,14,15,18). The number of nitrogens with one attached hydrogen (secondary N) is 2. The van der Waals surface area contributed by atoms with Crippen LogP contribution in [-0.4, -0.2) is 33.2 Å². The molecule has 1 rings (SSSR count). The number of amides is 3. The Morgan fingerprint density at radius 3 is 2.32 bits per heavy atom. The second kappa shape index (κ2) is 5.76. The summed E-state index contributed by atoms with van der Waals surface area (Å²) in [6.45, 7) is 4.11. The maximum absolute atomic E-state index is 11.5. The number of hydrogen-bond donors (Lipinski definition) is 3. The highest BCUT2D eigenvalue weighted by Crippen LogP contribution is 2.04. The van der Waals surface area contributed by atoms with Gasteiger partial charge in [-0.05, 0) is 20.8 Å². The zero-order chi connectivity index (χ0) is 14.6. The predicted octanol–water partition coefficient (Wildman–Crippen LogP) is 0.447. The third-order valence-corrected chi connectivity index (χ3v) is 2.20. The summed E-state index contributed by atoms with van der Waals surface area (Å²) in [6.07, 6.45) is 0. The van der Waals surface area contributed by atoms with Gasteiger partial charge in [0.05, 0.1) is 0 Å². The molecular formula is C10H12N4O5. The molecule has 3 amide bonds. The van der Waals surface area contributed by atoms with E-state index in [2.05, 4.69) is 20.0 Å². The van der Waals surface area contributed by atoms with Gasteiger partial charge in [-0.2, -0.15) is 4.98 Å². The number of rotatable bonds is 3. The van der Waals surface area contributed by atoms with E-state index in [1.165, 1.54) is 13.8 Å². The minimum atomic E-state index is -1.24. The summed E-state index contributed by atoms with van der Waals surface area (Å²) in [5.74, 6) is -1.74. The Bertz CT molecular complexity index is 560. The molecule has 0 aliphatic heterocycles. The fourth-order valence-electron chi connectivity index (χ4n) is 1.00. The van der Waals surface area contributed by atoms with Crippen molar-refractivity contribution in [3.63, 3.8) is 0 Å². The molecule has 0 unspecified atom stereocenters. The fourth-order valence-corrected chi connectivity index (χ4v) is 1.00. The number of nitrogens with zero attached hydrogens (tertiary/aromatic N) is 2. The highest BCUT2D eigenvalue weighted by atomic mass is 16.5. The van der Waals surface area contributed by atoms with E-state index >= 15 is 0 Å². The van der Waals surface area contributed by atoms with Crippen molar-refractivity contribution >= 4 is 23.9 Å². The van der Waals surface area contributed by atoms with Gasteiger partial charge in [-0.3, -0.25) is 15.4 Å². The van der Waals surface area contributed by atoms with E-state index in [0.717, 1.165) is 0 Å². The Morgan fingerprint density at radius 2 is 1.84 bits per heavy atom. The van der Waals surface area contributed by atoms with E-state index in [1.807, 2.05) is 5.32 Å². The van der Waals surface area contributed by atoms with Crippen molar-refractivity contribution in [2.45, 2.75) is 20.8 Å². The van der Waals surface area contributed by atoms with Crippen molar-refractivity contribution in [1.82, 2.24) is 15.5 Å². The fraction of sp³-hybridized carbons (Fsp3) is 0.300. The quantitative estimate of drug-likeness (QED) is 0.677. The molecule has 1 aromatic rings. The van der Waals surface area contributed by atoms with Gasteiger partial charge < -0.3 is 9.63 Å². The molecule has 0 atom stereocenters. The van der Waals surface area contributed by atoms with Crippen LogP contribution in [0.25, 0.3) is 0 Å². The van der Waals surface area contributed by atoms with Crippen LogP contribution in [-0.2, 0) is 9.59 Å². The van der Waals surface area contributed by atoms with E-state index in [1.54, 1.807) is 6.92 Å². The van der Waals surface area contributed by atoms with Gasteiger partial charge in [-0.25, -0.2) is 9.59 Å². The van der Waals surface area contributed by atoms with Gasteiger partial charge in [-0.15, -0.1) is 0 Å². The minimum Gasteiger partial charge on any atom is -0.478 e. The first-order chi connectivity index (χ1) is 8.81. The Balaban J connectivity index is 2.65. The summed E-state index contributed by atoms with van der Waals surface area (Å²) in [5.41, 5.74) is -0.233. The zero-order valence-electron chi connectivity index (χ0n) is 10.5. The van der Waals surface area contributed by atoms with Crippen LogP contribution in [0.3, 0.4) is 0 Å². The average molecular weight is 268 g/mol. The van der Waals surface area contributed by atoms with Crippen LogP contribution in [0.2, 0.25) is 0 Å². The van der Waals surface area contributed by atoms with Crippen molar-refractivity contribution in [2.75, 3.05) is 5.32 Å². The summed E-state index contributed by atoms with van der Waals surface area (Å²) >= 11 is 0. The van der Waals surface area contributed by atoms with E-state index in [4.69, 9.17) is 5.11 Å². The number of aliphatic carboxylic acids is 1. The predicted molar refractivity (Wildman–Crippen MR) is 62.2 cm³/mol. The van der Waals surface area contributed by atoms with Crippen LogP contribution in [0.4, 0.5) is 10.8 Å². The molecule has 1 heterocycles. The molecule has 0 aliphatic rings. The van der Waals surface area contributed by atoms with E-state index in [0.29, 0.717) is 5.82 Å². The van der Waals surface area contributed by atoms with E-state index < -0.39 is 17.9 Å². The first-order valence-electron chi connectivity index (χ1n) is 5.14. The van der Waals surface area contributed by atoms with Crippen LogP contribution in [0.1, 0.15) is 19.7 Å². The van der Waals surface area contributed by atoms with Gasteiger partial charge in [0, 0.05) is 11.1 Å². The molecule has 102 valence electrons. The lowest BCUT2D eigenvalue weighted by molar-refractivity contribution is -0.133. The number of carboxylic acid groups (broad SMARTS) is 1. The summed E-state index contributed by atoms with van der Waals surface area (Å²) in [4.78, 5) is 37.3. The zero-order valence-corrected chi connectivity index (χ0v) is 10.5. The maximum Gasteiger partial charge on any atom is 0.331 e. The van der Waals surface area contributed by atoms with E-state index in [9.17, 15) is 14.4 Å². The third kappa shape index (κ3) is 3.91. The van der Waals surface area contributed by atoms with Crippen LogP contribution in [0.15, 0.2) is 15.7 Å². The second-order valence-electron chi connectivity index (χ2n) is 3.61. The number of imide groups is 1. The molecule has 0 saturated heterocycles. The lowest BCUT2D eigenvalue weighted by atomic mass is 10.1. The minimum absolute atomic E-state index is 0.0793. The summed E-state index contributed by atoms with van der Waals surface area (Å²) in [5, 5.41) is 16.2. The number of anilines is 1. The molecule has 9 heteroatoms. The number of carbonyl (C=O) groups is 3. The summed E-state index contributed by atoms with van der Waals surface area (Å²) in [6, 6.07) is -1.06. The summed E-state index contributed by atoms with van der Waals surface area (Å²) < 4.78 is 4.61. The average Bonchev–Trinajstić information content (AvgIpc) is 2.72. The van der Waals surface area contributed by atoms with Gasteiger partial charge in [0.25, 0.3) is 5.91 Å². The lowest BCUT2D eigenvalue weighted by Crippen LogP contribution is -2.35. The highest BCUT2D eigenvalue weighted by Gasteiger charge is 2.16. The lowest BCUT2D eigenvalue weighted by Gasteiger charge is -2.05. The van der Waals surface area contributed by atoms with Crippen molar-refractivity contribution in [1.29, 1.82) is 0 Å². The highest BCUT2D eigenvalue weighted by molar-refractivity contribution is 6.09. The molecular weight excluding hydrogens is 256 g/mol. The molecule has 0 fully saturated rings. The van der Waals surface area contributed by atoms with Crippen molar-refractivity contribution in [3.05, 3.63) is 17.0 Å². The van der Waals surface area contributed by atoms with Crippen molar-refractivity contribution in [3.8, 4) is 0 Å². The molecule has 0 spiro atoms. The molecule has 19 heavy (non-hydrogen) atoms. The van der Waals surface area contributed by atoms with Crippen molar-refractivity contribution in [2.24, 2.45) is 0 Å². The Labute approximate surface area is 107 Å². The van der Waals surface area contributed by atoms with Crippen LogP contribution in [0.5, 0.6) is 0 Å². The number of aromatic nitrogens is 2. The maximum atomic E-state index is 11.5. The molecule has 0 aliphatic carbocycles. The number of carboxylic acids is 1. The monoisotopic (exact) mass is 268 g/mol. The Kier molecular flexibility index (Phi) is 4.35. The number of hydrogen-bond acceptors (Lipinski definition) is 6. The molecule has 0 saturated carbocycles. The first-order valence-corrected chi connectivity index (χ1v) is 5.14. The number of urea groups is 1. The molecule has 9 nitrogen and oxygen atoms in total. The molecule has 1 aromatic heterocycles. The molecule has 0 radical (unpaired) electrons. The van der Waals surface area contributed by atoms with Crippen LogP contribution in [0, 0.1) is 6.92 Å². The topological polar surface area (TPSA) is 134 Å². The van der Waals surface area contributed by atoms with Crippen molar-refractivity contribution < 1.29 is 24.0 Å². The van der Waals surface area contributed by atoms with Gasteiger partial charge in [0.1, 0.15) is 0 Å². The third-order valence-electron chi connectivity index (χ3n) is 2.20. The number of aryl methyl sites for hydroxylation is 1. The van der Waals surface area contributed by atoms with Gasteiger partial charge in [0.15, 0.2) is 5.82 Å². The van der Waals surface area contributed by atoms with Crippen LogP contribution >= 0.6 is 0 Å². The molecule has 0 aromatic carbocycles. The van der Waals surface area contributed by atoms with Gasteiger partial charge in [-0.1, -0.05) is 5.16 Å². The first kappa shape index (κ1) is 14.4. The van der Waals surface area contributed by atoms with Gasteiger partial charge in [0.2, 0.25) is 0 Å². The normalized spacial score (nSPS) is 11.5. The Hall–Kier alpha value is -2.71. The largest absolute Gasteiger partial charge is 0.478 e. The smallest absolute Gasteiger partial charge is 0.331 e. The number of carbonyl (C=O) groups excluding carboxylic acids is 2. The van der Waals surface area contributed by atoms with Crippen LogP contribution < -0.4 is 10.6 Å². The SMILES string of the molecule is CC(C(=O)O)=C(C)C(=O)NC(=O)Nc1nc(C)no1. The van der Waals surface area contributed by atoms with Gasteiger partial charge >= 0.3 is 18.0 Å².